The van der Waals surface area contributed by atoms with Crippen molar-refractivity contribution in [1.29, 1.82) is 11.1 Å². The standard InChI is InChI=1S/C31H36N6O2/c32-35-31(36-33)34-30(39)27-16-14-24(15-17-27)22-37(29(38)13-7-10-23-8-3-1-4-9-23)28-20-18-26(19-21-28)25-11-5-2-6-12-25/h1,3-4,8-9,14-21,25,31-33H,2,5-7,10-13,22H2,(H,34,39). The van der Waals surface area contributed by atoms with Crippen molar-refractivity contribution in [3.05, 3.63) is 101 Å². The van der Waals surface area contributed by atoms with Gasteiger partial charge in [-0.25, -0.2) is 11.1 Å². The molecular formula is C31H36N6O2. The molecule has 8 heteroatoms. The Bertz CT molecular complexity index is 1230. The predicted octanol–water partition coefficient (Wildman–Crippen LogP) is 7.37. The molecule has 3 aromatic rings. The molecule has 0 unspecified atom stereocenters. The van der Waals surface area contributed by atoms with Crippen molar-refractivity contribution in [2.24, 2.45) is 10.2 Å². The van der Waals surface area contributed by atoms with Gasteiger partial charge in [0, 0.05) is 17.7 Å². The molecule has 8 nitrogen and oxygen atoms in total. The first kappa shape index (κ1) is 27.8. The highest BCUT2D eigenvalue weighted by molar-refractivity contribution is 5.95. The molecule has 2 amide bonds. The number of carbonyl (C=O) groups is 2. The summed E-state index contributed by atoms with van der Waals surface area (Å²) in [4.78, 5) is 27.7. The average molecular weight is 525 g/mol. The van der Waals surface area contributed by atoms with E-state index in [9.17, 15) is 9.59 Å². The molecule has 0 saturated heterocycles. The van der Waals surface area contributed by atoms with Crippen LogP contribution in [0.1, 0.15) is 77.9 Å². The summed E-state index contributed by atoms with van der Waals surface area (Å²) in [5.74, 6) is 0.202. The molecule has 39 heavy (non-hydrogen) atoms. The first-order chi connectivity index (χ1) is 19.1. The van der Waals surface area contributed by atoms with Crippen LogP contribution in [0.15, 0.2) is 89.1 Å². The van der Waals surface area contributed by atoms with Crippen molar-refractivity contribution >= 4 is 17.5 Å². The van der Waals surface area contributed by atoms with Gasteiger partial charge >= 0.3 is 0 Å². The Morgan fingerprint density at radius 3 is 2.15 bits per heavy atom. The third kappa shape index (κ3) is 7.89. The van der Waals surface area contributed by atoms with E-state index >= 15 is 0 Å². The molecular weight excluding hydrogens is 488 g/mol. The van der Waals surface area contributed by atoms with Crippen LogP contribution in [0.5, 0.6) is 0 Å². The Hall–Kier alpha value is -4.20. The van der Waals surface area contributed by atoms with Gasteiger partial charge in [-0.3, -0.25) is 9.59 Å². The van der Waals surface area contributed by atoms with Crippen LogP contribution in [0, 0.1) is 11.1 Å². The molecule has 3 aromatic carbocycles. The highest BCUT2D eigenvalue weighted by atomic mass is 16.2. The molecule has 0 atom stereocenters. The minimum absolute atomic E-state index is 0.0649. The van der Waals surface area contributed by atoms with Gasteiger partial charge in [0.25, 0.3) is 12.2 Å². The lowest BCUT2D eigenvalue weighted by atomic mass is 9.84. The maximum atomic E-state index is 13.5. The quantitative estimate of drug-likeness (QED) is 0.214. The van der Waals surface area contributed by atoms with Gasteiger partial charge in [0.2, 0.25) is 5.91 Å². The highest BCUT2D eigenvalue weighted by Crippen LogP contribution is 2.33. The molecule has 1 aliphatic rings. The number of carbonyl (C=O) groups excluding carboxylic acids is 2. The number of anilines is 1. The van der Waals surface area contributed by atoms with E-state index in [1.165, 1.54) is 43.2 Å². The van der Waals surface area contributed by atoms with Gasteiger partial charge in [-0.2, -0.15) is 0 Å². The summed E-state index contributed by atoms with van der Waals surface area (Å²) in [5.41, 5.74) is 18.7. The maximum absolute atomic E-state index is 13.5. The summed E-state index contributed by atoms with van der Waals surface area (Å²) in [5, 5.41) is 8.56. The van der Waals surface area contributed by atoms with Crippen molar-refractivity contribution in [3.63, 3.8) is 0 Å². The van der Waals surface area contributed by atoms with Crippen LogP contribution in [-0.2, 0) is 17.8 Å². The van der Waals surface area contributed by atoms with Gasteiger partial charge in [0.05, 0.1) is 6.54 Å². The molecule has 0 radical (unpaired) electrons. The zero-order valence-electron chi connectivity index (χ0n) is 22.2. The largest absolute Gasteiger partial charge is 0.309 e. The van der Waals surface area contributed by atoms with Crippen molar-refractivity contribution in [1.82, 2.24) is 5.32 Å². The fraction of sp³-hybridized carbons (Fsp3) is 0.355. The number of nitrogens with one attached hydrogen (secondary N) is 3. The van der Waals surface area contributed by atoms with Gasteiger partial charge in [-0.05, 0) is 72.6 Å². The molecule has 0 aromatic heterocycles. The molecule has 0 heterocycles. The minimum Gasteiger partial charge on any atom is -0.309 e. The maximum Gasteiger partial charge on any atom is 0.254 e. The van der Waals surface area contributed by atoms with Crippen molar-refractivity contribution in [3.8, 4) is 0 Å². The van der Waals surface area contributed by atoms with Crippen LogP contribution in [0.4, 0.5) is 5.69 Å². The van der Waals surface area contributed by atoms with Crippen LogP contribution >= 0.6 is 0 Å². The minimum atomic E-state index is -1.22. The number of hydrogen-bond donors (Lipinski definition) is 3. The number of nitrogens with zero attached hydrogens (tertiary/aromatic N) is 3. The number of amides is 2. The Balaban J connectivity index is 1.47. The van der Waals surface area contributed by atoms with Crippen LogP contribution in [-0.4, -0.2) is 18.1 Å². The summed E-state index contributed by atoms with van der Waals surface area (Å²) < 4.78 is 0. The van der Waals surface area contributed by atoms with Crippen molar-refractivity contribution in [2.75, 3.05) is 4.90 Å². The summed E-state index contributed by atoms with van der Waals surface area (Å²) in [6.45, 7) is 0.390. The number of hydrogen-bond acceptors (Lipinski definition) is 6. The number of rotatable bonds is 12. The van der Waals surface area contributed by atoms with Gasteiger partial charge < -0.3 is 10.2 Å². The molecule has 3 N–H and O–H groups in total. The Morgan fingerprint density at radius 2 is 1.51 bits per heavy atom. The SMILES string of the molecule is N=NC(N=N)NC(=O)c1ccc(CN(C(=O)CCCc2ccccc2)c2ccc(C3CCCCC3)cc2)cc1. The van der Waals surface area contributed by atoms with E-state index in [4.69, 9.17) is 11.1 Å². The second kappa shape index (κ2) is 14.1. The Morgan fingerprint density at radius 1 is 0.846 bits per heavy atom. The van der Waals surface area contributed by atoms with Gasteiger partial charge in [-0.15, -0.1) is 10.2 Å². The van der Waals surface area contributed by atoms with E-state index < -0.39 is 12.2 Å². The van der Waals surface area contributed by atoms with E-state index in [2.05, 4.69) is 51.9 Å². The van der Waals surface area contributed by atoms with Crippen LogP contribution < -0.4 is 10.2 Å². The second-order valence-electron chi connectivity index (χ2n) is 10.0. The highest BCUT2D eigenvalue weighted by Gasteiger charge is 2.19. The fourth-order valence-corrected chi connectivity index (χ4v) is 5.15. The van der Waals surface area contributed by atoms with Crippen molar-refractivity contribution < 1.29 is 9.59 Å². The summed E-state index contributed by atoms with van der Waals surface area (Å²) >= 11 is 0. The third-order valence-corrected chi connectivity index (χ3v) is 7.34. The Labute approximate surface area is 229 Å². The number of benzene rings is 3. The van der Waals surface area contributed by atoms with E-state index in [0.717, 1.165) is 24.1 Å². The molecule has 202 valence electrons. The monoisotopic (exact) mass is 524 g/mol. The van der Waals surface area contributed by atoms with Crippen LogP contribution in [0.2, 0.25) is 0 Å². The zero-order valence-corrected chi connectivity index (χ0v) is 22.2. The van der Waals surface area contributed by atoms with Gasteiger partial charge in [0.15, 0.2) is 0 Å². The van der Waals surface area contributed by atoms with Crippen molar-refractivity contribution in [2.45, 2.75) is 70.1 Å². The van der Waals surface area contributed by atoms with Crippen LogP contribution in [0.25, 0.3) is 0 Å². The lowest BCUT2D eigenvalue weighted by molar-refractivity contribution is -0.118. The van der Waals surface area contributed by atoms with Gasteiger partial charge in [0.1, 0.15) is 0 Å². The van der Waals surface area contributed by atoms with Crippen LogP contribution in [0.3, 0.4) is 0 Å². The molecule has 0 spiro atoms. The molecule has 1 aliphatic carbocycles. The van der Waals surface area contributed by atoms with E-state index in [0.29, 0.717) is 24.4 Å². The van der Waals surface area contributed by atoms with Gasteiger partial charge in [-0.1, -0.05) is 73.9 Å². The normalized spacial score (nSPS) is 14.3. The lowest BCUT2D eigenvalue weighted by Crippen LogP contribution is -2.31. The topological polar surface area (TPSA) is 122 Å². The predicted molar refractivity (Wildman–Crippen MR) is 151 cm³/mol. The average Bonchev–Trinajstić information content (AvgIpc) is 3.00. The fourth-order valence-electron chi connectivity index (χ4n) is 5.15. The lowest BCUT2D eigenvalue weighted by Gasteiger charge is -2.25. The molecule has 1 saturated carbocycles. The smallest absolute Gasteiger partial charge is 0.254 e. The third-order valence-electron chi connectivity index (χ3n) is 7.34. The first-order valence-corrected chi connectivity index (χ1v) is 13.6. The summed E-state index contributed by atoms with van der Waals surface area (Å²) in [6.07, 6.45) is 7.17. The second-order valence-corrected chi connectivity index (χ2v) is 10.0. The molecule has 4 rings (SSSR count). The van der Waals surface area contributed by atoms with E-state index in [1.807, 2.05) is 35.2 Å². The molecule has 0 aliphatic heterocycles. The van der Waals surface area contributed by atoms with E-state index in [1.54, 1.807) is 12.1 Å². The summed E-state index contributed by atoms with van der Waals surface area (Å²) in [6, 6.07) is 25.7. The number of aryl methyl sites for hydroxylation is 1. The Kier molecular flexibility index (Phi) is 10.1. The molecule has 1 fully saturated rings. The summed E-state index contributed by atoms with van der Waals surface area (Å²) in [7, 11) is 0. The molecule has 0 bridgehead atoms. The first-order valence-electron chi connectivity index (χ1n) is 13.6. The zero-order chi connectivity index (χ0) is 27.5. The van der Waals surface area contributed by atoms with E-state index in [-0.39, 0.29) is 5.91 Å².